The Kier molecular flexibility index (Phi) is 16.5. The maximum Gasteiger partial charge on any atom is 0.246 e. The predicted octanol–water partition coefficient (Wildman–Crippen LogP) is 3.09. The molecule has 0 spiro atoms. The first-order valence-corrected chi connectivity index (χ1v) is 20.5. The van der Waals surface area contributed by atoms with Crippen molar-refractivity contribution in [3.05, 3.63) is 42.8 Å². The summed E-state index contributed by atoms with van der Waals surface area (Å²) in [5.41, 5.74) is 1.03. The highest BCUT2D eigenvalue weighted by atomic mass is 16.3. The van der Waals surface area contributed by atoms with Gasteiger partial charge in [0.1, 0.15) is 30.2 Å². The molecule has 1 aliphatic carbocycles. The number of carbonyl (C=O) groups excluding carboxylic acids is 6. The number of aliphatic hydroxyl groups excluding tert-OH is 1. The number of likely N-dealkylation sites (tertiary alicyclic amines) is 2. The first-order valence-electron chi connectivity index (χ1n) is 20.5. The molecule has 0 aromatic heterocycles. The van der Waals surface area contributed by atoms with Crippen LogP contribution in [0.2, 0.25) is 0 Å². The van der Waals surface area contributed by atoms with Gasteiger partial charge in [0.15, 0.2) is 0 Å². The molecule has 5 N–H and O–H groups in total. The van der Waals surface area contributed by atoms with Crippen LogP contribution in [0.3, 0.4) is 0 Å². The zero-order valence-electron chi connectivity index (χ0n) is 33.4. The average molecular weight is 765 g/mol. The molecule has 2 heterocycles. The molecule has 3 aliphatic rings. The van der Waals surface area contributed by atoms with E-state index in [1.165, 1.54) is 36.0 Å². The van der Waals surface area contributed by atoms with Gasteiger partial charge in [-0.1, -0.05) is 90.1 Å². The van der Waals surface area contributed by atoms with Crippen molar-refractivity contribution in [3.63, 3.8) is 0 Å². The summed E-state index contributed by atoms with van der Waals surface area (Å²) in [7, 11) is 0. The molecule has 304 valence electrons. The molecule has 3 fully saturated rings. The maximum atomic E-state index is 14.3. The number of rotatable bonds is 16. The highest BCUT2D eigenvalue weighted by molar-refractivity contribution is 5.97. The largest absolute Gasteiger partial charge is 0.391 e. The first kappa shape index (κ1) is 43.7. The lowest BCUT2D eigenvalue weighted by Gasteiger charge is -2.41. The van der Waals surface area contributed by atoms with E-state index in [2.05, 4.69) is 28.2 Å². The van der Waals surface area contributed by atoms with E-state index in [1.54, 1.807) is 0 Å². The Hall–Kier alpha value is -4.00. The summed E-state index contributed by atoms with van der Waals surface area (Å²) in [6, 6.07) is 4.25. The second-order valence-electron chi connectivity index (χ2n) is 16.2. The lowest BCUT2D eigenvalue weighted by Crippen LogP contribution is -2.61. The van der Waals surface area contributed by atoms with Crippen molar-refractivity contribution in [1.29, 1.82) is 0 Å². The van der Waals surface area contributed by atoms with Crippen LogP contribution in [0.15, 0.2) is 30.3 Å². The highest BCUT2D eigenvalue weighted by Gasteiger charge is 2.43. The molecule has 2 aliphatic heterocycles. The summed E-state index contributed by atoms with van der Waals surface area (Å²) in [5, 5.41) is 21.1. The molecule has 1 aromatic rings. The van der Waals surface area contributed by atoms with E-state index in [1.807, 2.05) is 51.1 Å². The summed E-state index contributed by atoms with van der Waals surface area (Å²) in [5.74, 6) is -2.54. The number of piperidine rings is 1. The van der Waals surface area contributed by atoms with Gasteiger partial charge in [-0.2, -0.15) is 0 Å². The molecular weight excluding hydrogens is 700 g/mol. The third kappa shape index (κ3) is 11.8. The molecule has 13 heteroatoms. The van der Waals surface area contributed by atoms with Gasteiger partial charge in [-0.05, 0) is 75.2 Å². The van der Waals surface area contributed by atoms with Crippen LogP contribution in [-0.2, 0) is 28.8 Å². The fraction of sp³-hybridized carbons (Fsp3) is 0.690. The fourth-order valence-corrected chi connectivity index (χ4v) is 8.40. The van der Waals surface area contributed by atoms with Gasteiger partial charge in [0.05, 0.1) is 6.10 Å². The van der Waals surface area contributed by atoms with Crippen LogP contribution in [0, 0.1) is 24.7 Å². The molecular formula is C42H64N6O7. The number of nitrogens with zero attached hydrogens (tertiary/aromatic N) is 2. The Labute approximate surface area is 327 Å². The normalized spacial score (nSPS) is 23.2. The number of amides is 6. The van der Waals surface area contributed by atoms with Crippen LogP contribution in [0.25, 0.3) is 0 Å². The monoisotopic (exact) mass is 764 g/mol. The summed E-state index contributed by atoms with van der Waals surface area (Å²) in [6.45, 7) is 16.3. The smallest absolute Gasteiger partial charge is 0.246 e. The van der Waals surface area contributed by atoms with Crippen molar-refractivity contribution in [1.82, 2.24) is 31.1 Å². The third-order valence-corrected chi connectivity index (χ3v) is 11.7. The van der Waals surface area contributed by atoms with Crippen LogP contribution < -0.4 is 21.3 Å². The first-order chi connectivity index (χ1) is 26.2. The van der Waals surface area contributed by atoms with E-state index in [0.29, 0.717) is 44.6 Å². The standard InChI is InChI=1S/C42H64N6O7/c1-7-21-43-40(53)37(29(6)49)46-38(51)33-19-14-22-47(33)41(54)28(5)44-39(52)34-25-32(31-17-12-9-13-18-31)20-23-48(34)42(55)36(26(2)3)45-35(50)24-27(4)30-15-10-8-11-16-30/h5,9,12-13,17-18,26-30,32-34,36-37,49H,7-8,10-11,14-16,19-25H2,1-4,6H3,(H,43,53)(H,44,52)(H,45,50)(H,46,51)/t27-,28-,29?,32?,33-,34-,36-,37-/m0/s1. The summed E-state index contributed by atoms with van der Waals surface area (Å²) in [6.07, 6.45) is 7.36. The maximum absolute atomic E-state index is 14.3. The molecule has 2 unspecified atom stereocenters. The van der Waals surface area contributed by atoms with Crippen molar-refractivity contribution in [2.24, 2.45) is 17.8 Å². The molecule has 1 saturated carbocycles. The van der Waals surface area contributed by atoms with Gasteiger partial charge >= 0.3 is 0 Å². The van der Waals surface area contributed by atoms with Gasteiger partial charge in [-0.3, -0.25) is 28.8 Å². The van der Waals surface area contributed by atoms with E-state index in [4.69, 9.17) is 6.92 Å². The van der Waals surface area contributed by atoms with Crippen molar-refractivity contribution in [2.45, 2.75) is 147 Å². The lowest BCUT2D eigenvalue weighted by molar-refractivity contribution is -0.147. The van der Waals surface area contributed by atoms with Crippen LogP contribution >= 0.6 is 0 Å². The summed E-state index contributed by atoms with van der Waals surface area (Å²) < 4.78 is 0. The number of hydrogen-bond acceptors (Lipinski definition) is 7. The topological polar surface area (TPSA) is 177 Å². The molecule has 4 rings (SSSR count). The number of nitrogens with one attached hydrogen (secondary N) is 4. The average Bonchev–Trinajstić information content (AvgIpc) is 3.68. The quantitative estimate of drug-likeness (QED) is 0.172. The van der Waals surface area contributed by atoms with Crippen LogP contribution in [0.1, 0.15) is 117 Å². The van der Waals surface area contributed by atoms with Crippen molar-refractivity contribution in [3.8, 4) is 0 Å². The second-order valence-corrected chi connectivity index (χ2v) is 16.2. The van der Waals surface area contributed by atoms with E-state index >= 15 is 0 Å². The lowest BCUT2D eigenvalue weighted by atomic mass is 9.79. The number of benzene rings is 1. The molecule has 6 amide bonds. The van der Waals surface area contributed by atoms with Gasteiger partial charge in [0.2, 0.25) is 35.4 Å². The van der Waals surface area contributed by atoms with Gasteiger partial charge in [0, 0.05) is 26.1 Å². The molecule has 55 heavy (non-hydrogen) atoms. The fourth-order valence-electron chi connectivity index (χ4n) is 8.40. The summed E-state index contributed by atoms with van der Waals surface area (Å²) >= 11 is 0. The third-order valence-electron chi connectivity index (χ3n) is 11.7. The number of carbonyl (C=O) groups is 6. The molecule has 0 bridgehead atoms. The zero-order chi connectivity index (χ0) is 40.2. The Balaban J connectivity index is 1.47. The van der Waals surface area contributed by atoms with Crippen molar-refractivity contribution >= 4 is 35.4 Å². The van der Waals surface area contributed by atoms with Crippen molar-refractivity contribution < 1.29 is 33.9 Å². The van der Waals surface area contributed by atoms with E-state index < -0.39 is 59.9 Å². The minimum Gasteiger partial charge on any atom is -0.391 e. The zero-order valence-corrected chi connectivity index (χ0v) is 33.4. The van der Waals surface area contributed by atoms with Crippen LogP contribution in [-0.4, -0.2) is 106 Å². The summed E-state index contributed by atoms with van der Waals surface area (Å²) in [4.78, 5) is 84.4. The second kappa shape index (κ2) is 20.8. The van der Waals surface area contributed by atoms with E-state index in [0.717, 1.165) is 18.4 Å². The Bertz CT molecular complexity index is 1470. The number of hydrogen-bond donors (Lipinski definition) is 5. The minimum atomic E-state index is -1.52. The highest BCUT2D eigenvalue weighted by Crippen LogP contribution is 2.34. The molecule has 8 atom stereocenters. The van der Waals surface area contributed by atoms with Gasteiger partial charge in [0.25, 0.3) is 0 Å². The van der Waals surface area contributed by atoms with E-state index in [-0.39, 0.29) is 49.1 Å². The Morgan fingerprint density at radius 2 is 1.44 bits per heavy atom. The van der Waals surface area contributed by atoms with Crippen LogP contribution in [0.4, 0.5) is 0 Å². The minimum absolute atomic E-state index is 0.0422. The van der Waals surface area contributed by atoms with Gasteiger partial charge in [-0.25, -0.2) is 0 Å². The van der Waals surface area contributed by atoms with E-state index in [9.17, 15) is 33.9 Å². The van der Waals surface area contributed by atoms with Gasteiger partial charge in [-0.15, -0.1) is 0 Å². The van der Waals surface area contributed by atoms with Crippen LogP contribution in [0.5, 0.6) is 0 Å². The predicted molar refractivity (Wildman–Crippen MR) is 209 cm³/mol. The van der Waals surface area contributed by atoms with Crippen molar-refractivity contribution in [2.75, 3.05) is 19.6 Å². The molecule has 1 aromatic carbocycles. The molecule has 2 radical (unpaired) electrons. The molecule has 2 saturated heterocycles. The Morgan fingerprint density at radius 1 is 0.782 bits per heavy atom. The Morgan fingerprint density at radius 3 is 2.07 bits per heavy atom. The molecule has 13 nitrogen and oxygen atoms in total. The number of aliphatic hydroxyl groups is 1. The SMILES string of the molecule is [CH][C@H](NC(=O)[C@@H]1CC(c2ccccc2)CCN1C(=O)[C@@H](NC(=O)C[C@H](C)C1CCCCC1)C(C)C)C(=O)N1CCC[C@H]1C(=O)N[C@H](C(=O)NCCC)C(C)O. The van der Waals surface area contributed by atoms with Gasteiger partial charge < -0.3 is 36.2 Å².